The first-order valence-corrected chi connectivity index (χ1v) is 9.16. The Kier molecular flexibility index (Phi) is 4.21. The van der Waals surface area contributed by atoms with Gasteiger partial charge >= 0.3 is 5.97 Å². The number of hydrogen-bond acceptors (Lipinski definition) is 5. The first kappa shape index (κ1) is 17.6. The number of imide groups is 1. The van der Waals surface area contributed by atoms with Crippen LogP contribution >= 0.6 is 0 Å². The molecule has 6 nitrogen and oxygen atoms in total. The predicted octanol–water partition coefficient (Wildman–Crippen LogP) is 1.84. The number of esters is 1. The van der Waals surface area contributed by atoms with Crippen molar-refractivity contribution >= 4 is 23.6 Å². The van der Waals surface area contributed by atoms with E-state index in [9.17, 15) is 19.2 Å². The highest BCUT2D eigenvalue weighted by atomic mass is 16.5. The van der Waals surface area contributed by atoms with Gasteiger partial charge in [0.05, 0.1) is 11.8 Å². The largest absolute Gasteiger partial charge is 0.456 e. The van der Waals surface area contributed by atoms with Gasteiger partial charge in [-0.25, -0.2) is 0 Å². The number of ketones is 1. The zero-order valence-electron chi connectivity index (χ0n) is 15.3. The van der Waals surface area contributed by atoms with Gasteiger partial charge in [0.25, 0.3) is 0 Å². The van der Waals surface area contributed by atoms with Crippen LogP contribution in [0.1, 0.15) is 27.9 Å². The van der Waals surface area contributed by atoms with Crippen LogP contribution in [0.5, 0.6) is 0 Å². The molecule has 4 rings (SSSR count). The van der Waals surface area contributed by atoms with Crippen molar-refractivity contribution in [2.45, 2.75) is 20.3 Å². The lowest BCUT2D eigenvalue weighted by atomic mass is 9.85. The summed E-state index contributed by atoms with van der Waals surface area (Å²) >= 11 is 0. The molecule has 1 saturated heterocycles. The Bertz CT molecular complexity index is 857. The van der Waals surface area contributed by atoms with Gasteiger partial charge in [-0.3, -0.25) is 24.1 Å². The van der Waals surface area contributed by atoms with Crippen LogP contribution in [0.15, 0.2) is 30.4 Å². The molecule has 1 saturated carbocycles. The van der Waals surface area contributed by atoms with Crippen molar-refractivity contribution in [3.8, 4) is 0 Å². The van der Waals surface area contributed by atoms with Gasteiger partial charge in [-0.05, 0) is 43.7 Å². The molecule has 0 spiro atoms. The minimum absolute atomic E-state index is 0.100. The summed E-state index contributed by atoms with van der Waals surface area (Å²) in [5, 5.41) is 0. The number of ether oxygens (including phenoxy) is 1. The normalized spacial score (nSPS) is 28.0. The number of rotatable bonds is 5. The van der Waals surface area contributed by atoms with Gasteiger partial charge in [0, 0.05) is 5.56 Å². The third-order valence-corrected chi connectivity index (χ3v) is 5.91. The molecule has 0 radical (unpaired) electrons. The molecular formula is C21H21NO5. The lowest BCUT2D eigenvalue weighted by Crippen LogP contribution is -2.38. The third-order valence-electron chi connectivity index (χ3n) is 5.91. The number of carbonyl (C=O) groups is 4. The molecule has 2 aliphatic carbocycles. The smallest absolute Gasteiger partial charge is 0.326 e. The summed E-state index contributed by atoms with van der Waals surface area (Å²) in [4.78, 5) is 50.6. The van der Waals surface area contributed by atoms with E-state index in [4.69, 9.17) is 4.74 Å². The lowest BCUT2D eigenvalue weighted by molar-refractivity contribution is -0.152. The van der Waals surface area contributed by atoms with E-state index < -0.39 is 19.1 Å². The van der Waals surface area contributed by atoms with Crippen LogP contribution in [0.4, 0.5) is 0 Å². The monoisotopic (exact) mass is 367 g/mol. The van der Waals surface area contributed by atoms with Crippen molar-refractivity contribution in [1.82, 2.24) is 4.90 Å². The minimum Gasteiger partial charge on any atom is -0.456 e. The number of amides is 2. The molecule has 1 aromatic rings. The van der Waals surface area contributed by atoms with Gasteiger partial charge in [0.2, 0.25) is 17.6 Å². The topological polar surface area (TPSA) is 80.8 Å². The van der Waals surface area contributed by atoms with Crippen molar-refractivity contribution in [3.05, 3.63) is 47.0 Å². The number of allylic oxidation sites excluding steroid dienone is 2. The zero-order valence-corrected chi connectivity index (χ0v) is 15.3. The molecule has 6 heteroatoms. The first-order valence-electron chi connectivity index (χ1n) is 9.16. The molecule has 2 fully saturated rings. The molecule has 4 atom stereocenters. The summed E-state index contributed by atoms with van der Waals surface area (Å²) in [5.41, 5.74) is 2.26. The highest BCUT2D eigenvalue weighted by Crippen LogP contribution is 2.52. The molecule has 140 valence electrons. The number of nitrogens with zero attached hydrogens (tertiary/aromatic N) is 1. The van der Waals surface area contributed by atoms with Crippen LogP contribution in [0, 0.1) is 37.5 Å². The quantitative estimate of drug-likeness (QED) is 0.343. The fraction of sp³-hybridized carbons (Fsp3) is 0.429. The zero-order chi connectivity index (χ0) is 19.3. The fourth-order valence-electron chi connectivity index (χ4n) is 4.55. The summed E-state index contributed by atoms with van der Waals surface area (Å²) in [6, 6.07) is 5.50. The van der Waals surface area contributed by atoms with E-state index in [2.05, 4.69) is 0 Å². The second kappa shape index (κ2) is 6.44. The van der Waals surface area contributed by atoms with Crippen molar-refractivity contribution in [3.63, 3.8) is 0 Å². The van der Waals surface area contributed by atoms with E-state index >= 15 is 0 Å². The first-order chi connectivity index (χ1) is 12.9. The van der Waals surface area contributed by atoms with Crippen molar-refractivity contribution in [2.75, 3.05) is 13.2 Å². The van der Waals surface area contributed by atoms with Crippen LogP contribution in [0.25, 0.3) is 0 Å². The number of likely N-dealkylation sites (tertiary alicyclic amines) is 1. The van der Waals surface area contributed by atoms with Gasteiger partial charge in [-0.1, -0.05) is 29.8 Å². The maximum atomic E-state index is 12.6. The summed E-state index contributed by atoms with van der Waals surface area (Å²) in [6.07, 6.45) is 4.85. The molecule has 2 amide bonds. The standard InChI is InChI=1S/C21H21NO5/c1-11-3-4-12(2)15(7-11)16(23)10-27-17(24)9-22-20(25)18-13-5-6-14(8-13)19(18)21(22)26/h3-7,13-14,18-19H,8-10H2,1-2H3/t13-,14-,18-,19+/m0/s1. The Morgan fingerprint density at radius 2 is 1.70 bits per heavy atom. The maximum absolute atomic E-state index is 12.6. The van der Waals surface area contributed by atoms with Crippen LogP contribution in [-0.2, 0) is 19.1 Å². The number of Topliss-reactive ketones (excluding diaryl/α,β-unsaturated/α-hetero) is 1. The van der Waals surface area contributed by atoms with E-state index in [1.807, 2.05) is 38.1 Å². The Hall–Kier alpha value is -2.76. The lowest BCUT2D eigenvalue weighted by Gasteiger charge is -2.16. The molecule has 0 unspecified atom stereocenters. The van der Waals surface area contributed by atoms with Gasteiger partial charge in [-0.15, -0.1) is 0 Å². The van der Waals surface area contributed by atoms with Crippen LogP contribution in [-0.4, -0.2) is 41.6 Å². The van der Waals surface area contributed by atoms with E-state index in [0.29, 0.717) is 5.56 Å². The minimum atomic E-state index is -0.740. The van der Waals surface area contributed by atoms with Gasteiger partial charge < -0.3 is 4.74 Å². The van der Waals surface area contributed by atoms with Gasteiger partial charge in [0.15, 0.2) is 6.61 Å². The van der Waals surface area contributed by atoms with Crippen molar-refractivity contribution < 1.29 is 23.9 Å². The molecule has 1 heterocycles. The number of hydrogen-bond donors (Lipinski definition) is 0. The second-order valence-electron chi connectivity index (χ2n) is 7.66. The summed E-state index contributed by atoms with van der Waals surface area (Å²) < 4.78 is 5.05. The van der Waals surface area contributed by atoms with E-state index in [1.165, 1.54) is 0 Å². The highest BCUT2D eigenvalue weighted by Gasteiger charge is 2.59. The fourth-order valence-corrected chi connectivity index (χ4v) is 4.55. The molecule has 0 aromatic heterocycles. The predicted molar refractivity (Wildman–Crippen MR) is 95.6 cm³/mol. The Balaban J connectivity index is 1.36. The number of benzene rings is 1. The Labute approximate surface area is 157 Å². The summed E-state index contributed by atoms with van der Waals surface area (Å²) in [5.74, 6) is -2.10. The average Bonchev–Trinajstić information content (AvgIpc) is 3.31. The SMILES string of the molecule is Cc1ccc(C)c(C(=O)COC(=O)CN2C(=O)[C@@H]3[C@H](C2=O)[C@H]2C=C[C@H]3C2)c1. The van der Waals surface area contributed by atoms with E-state index in [-0.39, 0.29) is 41.3 Å². The average molecular weight is 367 g/mol. The van der Waals surface area contributed by atoms with Gasteiger partial charge in [0.1, 0.15) is 6.54 Å². The summed E-state index contributed by atoms with van der Waals surface area (Å²) in [7, 11) is 0. The molecule has 0 N–H and O–H groups in total. The molecule has 1 aliphatic heterocycles. The van der Waals surface area contributed by atoms with Gasteiger partial charge in [-0.2, -0.15) is 0 Å². The summed E-state index contributed by atoms with van der Waals surface area (Å²) in [6.45, 7) is 2.87. The highest BCUT2D eigenvalue weighted by molar-refractivity contribution is 6.08. The van der Waals surface area contributed by atoms with E-state index in [0.717, 1.165) is 22.4 Å². The maximum Gasteiger partial charge on any atom is 0.326 e. The second-order valence-corrected chi connectivity index (χ2v) is 7.66. The molecule has 2 bridgehead atoms. The van der Waals surface area contributed by atoms with E-state index in [1.54, 1.807) is 6.07 Å². The van der Waals surface area contributed by atoms with Crippen molar-refractivity contribution in [1.29, 1.82) is 0 Å². The molecule has 3 aliphatic rings. The van der Waals surface area contributed by atoms with Crippen LogP contribution < -0.4 is 0 Å². The Morgan fingerprint density at radius 3 is 2.33 bits per heavy atom. The molecule has 1 aromatic carbocycles. The number of fused-ring (bicyclic) bond motifs is 5. The van der Waals surface area contributed by atoms with Crippen LogP contribution in [0.3, 0.4) is 0 Å². The third kappa shape index (κ3) is 2.89. The number of carbonyl (C=O) groups excluding carboxylic acids is 4. The van der Waals surface area contributed by atoms with Crippen LogP contribution in [0.2, 0.25) is 0 Å². The Morgan fingerprint density at radius 1 is 1.07 bits per heavy atom. The van der Waals surface area contributed by atoms with Crippen molar-refractivity contribution in [2.24, 2.45) is 23.7 Å². The number of aryl methyl sites for hydroxylation is 2. The molecular weight excluding hydrogens is 346 g/mol. The molecule has 27 heavy (non-hydrogen) atoms.